The van der Waals surface area contributed by atoms with Crippen LogP contribution < -0.4 is 0 Å². The molecule has 0 fully saturated rings. The molecule has 0 aliphatic heterocycles. The van der Waals surface area contributed by atoms with Crippen LogP contribution in [0, 0.1) is 0 Å². The van der Waals surface area contributed by atoms with Gasteiger partial charge in [0, 0.05) is 7.05 Å². The Balaban J connectivity index is 2.16. The monoisotopic (exact) mass is 328 g/mol. The zero-order valence-corrected chi connectivity index (χ0v) is 14.1. The summed E-state index contributed by atoms with van der Waals surface area (Å²) in [5.74, 6) is 0. The first-order valence-electron chi connectivity index (χ1n) is 7.76. The van der Waals surface area contributed by atoms with Crippen LogP contribution >= 0.6 is 0 Å². The van der Waals surface area contributed by atoms with Crippen molar-refractivity contribution in [2.24, 2.45) is 7.05 Å². The number of aryl methyl sites for hydroxylation is 1. The highest BCUT2D eigenvalue weighted by molar-refractivity contribution is 7.91. The van der Waals surface area contributed by atoms with Gasteiger partial charge in [0.1, 0.15) is 0 Å². The van der Waals surface area contributed by atoms with E-state index >= 15 is 0 Å². The number of hydrogen-bond acceptors (Lipinski definition) is 3. The average Bonchev–Trinajstić information content (AvgIpc) is 2.91. The summed E-state index contributed by atoms with van der Waals surface area (Å²) in [6.45, 7) is 2.00. The zero-order chi connectivity index (χ0) is 16.4. The minimum absolute atomic E-state index is 0.140. The third kappa shape index (κ3) is 2.77. The quantitative estimate of drug-likeness (QED) is 0.714. The molecule has 120 valence electrons. The highest BCUT2D eigenvalue weighted by Crippen LogP contribution is 2.33. The van der Waals surface area contributed by atoms with Gasteiger partial charge in [-0.05, 0) is 24.1 Å². The van der Waals surface area contributed by atoms with Crippen molar-refractivity contribution in [1.82, 2.24) is 9.55 Å². The van der Waals surface area contributed by atoms with E-state index in [1.54, 1.807) is 11.6 Å². The molecule has 23 heavy (non-hydrogen) atoms. The van der Waals surface area contributed by atoms with Gasteiger partial charge in [-0.15, -0.1) is 0 Å². The van der Waals surface area contributed by atoms with E-state index in [0.717, 1.165) is 17.5 Å². The number of para-hydroxylation sites is 2. The Bertz CT molecular complexity index is 915. The topological polar surface area (TPSA) is 52.0 Å². The molecule has 5 heteroatoms. The molecule has 0 saturated carbocycles. The molecule has 4 nitrogen and oxygen atoms in total. The van der Waals surface area contributed by atoms with Gasteiger partial charge in [0.25, 0.3) is 0 Å². The van der Waals surface area contributed by atoms with E-state index in [0.29, 0.717) is 11.9 Å². The molecule has 0 N–H and O–H groups in total. The van der Waals surface area contributed by atoms with E-state index in [4.69, 9.17) is 0 Å². The normalized spacial score (nSPS) is 13.3. The van der Waals surface area contributed by atoms with Crippen LogP contribution in [0.3, 0.4) is 0 Å². The van der Waals surface area contributed by atoms with E-state index in [1.807, 2.05) is 61.5 Å². The van der Waals surface area contributed by atoms with Crippen LogP contribution in [0.1, 0.15) is 30.6 Å². The van der Waals surface area contributed by atoms with Gasteiger partial charge in [-0.3, -0.25) is 0 Å². The lowest BCUT2D eigenvalue weighted by Gasteiger charge is -2.17. The lowest BCUT2D eigenvalue weighted by molar-refractivity contribution is 0.558. The Hall–Kier alpha value is -2.14. The Kier molecular flexibility index (Phi) is 4.22. The van der Waals surface area contributed by atoms with Crippen LogP contribution in [0.2, 0.25) is 0 Å². The van der Waals surface area contributed by atoms with Crippen molar-refractivity contribution in [2.75, 3.05) is 0 Å². The second kappa shape index (κ2) is 6.16. The van der Waals surface area contributed by atoms with Crippen molar-refractivity contribution in [3.05, 3.63) is 60.2 Å². The predicted molar refractivity (Wildman–Crippen MR) is 92.0 cm³/mol. The highest BCUT2D eigenvalue weighted by atomic mass is 32.2. The van der Waals surface area contributed by atoms with Gasteiger partial charge in [-0.25, -0.2) is 13.4 Å². The number of fused-ring (bicyclic) bond motifs is 1. The molecule has 2 aromatic carbocycles. The molecule has 0 spiro atoms. The van der Waals surface area contributed by atoms with E-state index in [2.05, 4.69) is 4.98 Å². The third-order valence-corrected chi connectivity index (χ3v) is 6.23. The fourth-order valence-corrected chi connectivity index (χ4v) is 4.96. The molecule has 3 rings (SSSR count). The molecule has 1 aromatic heterocycles. The molecular formula is C18H20N2O2S. The first-order valence-corrected chi connectivity index (χ1v) is 9.30. The van der Waals surface area contributed by atoms with Crippen LogP contribution in [0.4, 0.5) is 0 Å². The van der Waals surface area contributed by atoms with Gasteiger partial charge in [0.05, 0.1) is 16.3 Å². The van der Waals surface area contributed by atoms with Crippen molar-refractivity contribution >= 4 is 20.9 Å². The molecule has 0 saturated heterocycles. The van der Waals surface area contributed by atoms with Crippen molar-refractivity contribution in [2.45, 2.75) is 30.2 Å². The predicted octanol–water partition coefficient (Wildman–Crippen LogP) is 3.89. The highest BCUT2D eigenvalue weighted by Gasteiger charge is 2.32. The Morgan fingerprint density at radius 2 is 1.70 bits per heavy atom. The van der Waals surface area contributed by atoms with E-state index in [-0.39, 0.29) is 5.16 Å². The number of nitrogens with zero attached hydrogens (tertiary/aromatic N) is 2. The second-order valence-electron chi connectivity index (χ2n) is 5.68. The standard InChI is InChI=1S/C18H20N2O2S/c1-3-9-17(14-10-5-4-6-11-14)23(21,22)18-19-15-12-7-8-13-16(15)20(18)2/h4-8,10-13,17H,3,9H2,1-2H3/t17-/m1/s1. The number of hydrogen-bond donors (Lipinski definition) is 0. The molecule has 0 bridgehead atoms. The van der Waals surface area contributed by atoms with Crippen LogP contribution in [0.25, 0.3) is 11.0 Å². The van der Waals surface area contributed by atoms with E-state index in [9.17, 15) is 8.42 Å². The van der Waals surface area contributed by atoms with Crippen LogP contribution in [-0.4, -0.2) is 18.0 Å². The van der Waals surface area contributed by atoms with Gasteiger partial charge in [0.2, 0.25) is 15.0 Å². The number of sulfone groups is 1. The van der Waals surface area contributed by atoms with E-state index in [1.165, 1.54) is 0 Å². The summed E-state index contributed by atoms with van der Waals surface area (Å²) in [5.41, 5.74) is 2.35. The van der Waals surface area contributed by atoms with Gasteiger partial charge >= 0.3 is 0 Å². The summed E-state index contributed by atoms with van der Waals surface area (Å²) in [6.07, 6.45) is 1.37. The van der Waals surface area contributed by atoms with Crippen LogP contribution in [0.5, 0.6) is 0 Å². The van der Waals surface area contributed by atoms with Crippen molar-refractivity contribution in [3.63, 3.8) is 0 Å². The summed E-state index contributed by atoms with van der Waals surface area (Å²) in [6, 6.07) is 16.9. The molecular weight excluding hydrogens is 308 g/mol. The largest absolute Gasteiger partial charge is 0.318 e. The minimum Gasteiger partial charge on any atom is -0.318 e. The summed E-state index contributed by atoms with van der Waals surface area (Å²) in [7, 11) is -1.80. The number of imidazole rings is 1. The second-order valence-corrected chi connectivity index (χ2v) is 7.70. The zero-order valence-electron chi connectivity index (χ0n) is 13.3. The summed E-state index contributed by atoms with van der Waals surface area (Å²) >= 11 is 0. The van der Waals surface area contributed by atoms with Gasteiger partial charge in [-0.1, -0.05) is 55.8 Å². The maximum absolute atomic E-state index is 13.2. The smallest absolute Gasteiger partial charge is 0.229 e. The SMILES string of the molecule is CCC[C@H](c1ccccc1)S(=O)(=O)c1nc2ccccc2n1C. The molecule has 1 heterocycles. The summed E-state index contributed by atoms with van der Waals surface area (Å²) in [4.78, 5) is 4.39. The van der Waals surface area contributed by atoms with Crippen molar-refractivity contribution in [3.8, 4) is 0 Å². The van der Waals surface area contributed by atoms with Crippen molar-refractivity contribution in [1.29, 1.82) is 0 Å². The lowest BCUT2D eigenvalue weighted by Crippen LogP contribution is -2.17. The van der Waals surface area contributed by atoms with Gasteiger partial charge in [-0.2, -0.15) is 0 Å². The fourth-order valence-electron chi connectivity index (χ4n) is 2.94. The van der Waals surface area contributed by atoms with Gasteiger partial charge in [0.15, 0.2) is 0 Å². The molecule has 0 amide bonds. The first kappa shape index (κ1) is 15.7. The van der Waals surface area contributed by atoms with Crippen molar-refractivity contribution < 1.29 is 8.42 Å². The molecule has 0 aliphatic carbocycles. The number of aromatic nitrogens is 2. The Morgan fingerprint density at radius 1 is 1.04 bits per heavy atom. The maximum atomic E-state index is 13.2. The Labute approximate surface area is 136 Å². The van der Waals surface area contributed by atoms with Crippen LogP contribution in [0.15, 0.2) is 59.8 Å². The summed E-state index contributed by atoms with van der Waals surface area (Å²) < 4.78 is 28.1. The lowest BCUT2D eigenvalue weighted by atomic mass is 10.1. The first-order chi connectivity index (χ1) is 11.1. The minimum atomic E-state index is -3.56. The average molecular weight is 328 g/mol. The molecule has 3 aromatic rings. The van der Waals surface area contributed by atoms with Gasteiger partial charge < -0.3 is 4.57 Å². The molecule has 0 unspecified atom stereocenters. The molecule has 0 radical (unpaired) electrons. The van der Waals surface area contributed by atoms with E-state index < -0.39 is 15.1 Å². The maximum Gasteiger partial charge on any atom is 0.229 e. The Morgan fingerprint density at radius 3 is 2.35 bits per heavy atom. The molecule has 1 atom stereocenters. The number of rotatable bonds is 5. The fraction of sp³-hybridized carbons (Fsp3) is 0.278. The molecule has 0 aliphatic rings. The number of benzene rings is 2. The van der Waals surface area contributed by atoms with Crippen LogP contribution in [-0.2, 0) is 16.9 Å². The third-order valence-electron chi connectivity index (χ3n) is 4.10. The summed E-state index contributed by atoms with van der Waals surface area (Å²) in [5, 5.41) is -0.426.